The highest BCUT2D eigenvalue weighted by molar-refractivity contribution is 5.24. The van der Waals surface area contributed by atoms with Crippen molar-refractivity contribution in [2.75, 3.05) is 0 Å². The SMILES string of the molecule is CC(Cc1nc(=O)c2c([nH]1)CCC2)c1ccccc1. The zero-order valence-corrected chi connectivity index (χ0v) is 11.1. The van der Waals surface area contributed by atoms with Crippen molar-refractivity contribution in [2.45, 2.75) is 38.5 Å². The lowest BCUT2D eigenvalue weighted by molar-refractivity contribution is 0.707. The highest BCUT2D eigenvalue weighted by Gasteiger charge is 2.17. The predicted molar refractivity (Wildman–Crippen MR) is 75.4 cm³/mol. The summed E-state index contributed by atoms with van der Waals surface area (Å²) in [5.41, 5.74) is 3.26. The van der Waals surface area contributed by atoms with Crippen molar-refractivity contribution in [1.82, 2.24) is 9.97 Å². The van der Waals surface area contributed by atoms with Crippen LogP contribution < -0.4 is 5.56 Å². The van der Waals surface area contributed by atoms with E-state index >= 15 is 0 Å². The maximum atomic E-state index is 11.9. The van der Waals surface area contributed by atoms with Gasteiger partial charge in [0.15, 0.2) is 0 Å². The highest BCUT2D eigenvalue weighted by atomic mass is 16.1. The van der Waals surface area contributed by atoms with Gasteiger partial charge >= 0.3 is 0 Å². The fraction of sp³-hybridized carbons (Fsp3) is 0.375. The second-order valence-electron chi connectivity index (χ2n) is 5.32. The minimum absolute atomic E-state index is 0.0264. The Morgan fingerprint density at radius 2 is 2.05 bits per heavy atom. The molecule has 0 aliphatic heterocycles. The molecule has 3 nitrogen and oxygen atoms in total. The number of hydrogen-bond donors (Lipinski definition) is 1. The Labute approximate surface area is 112 Å². The Balaban J connectivity index is 1.85. The fourth-order valence-corrected chi connectivity index (χ4v) is 2.80. The molecule has 3 rings (SSSR count). The second kappa shape index (κ2) is 5.00. The zero-order valence-electron chi connectivity index (χ0n) is 11.1. The average molecular weight is 254 g/mol. The zero-order chi connectivity index (χ0) is 13.2. The Morgan fingerprint density at radius 3 is 2.84 bits per heavy atom. The summed E-state index contributed by atoms with van der Waals surface area (Å²) in [6.45, 7) is 2.17. The van der Waals surface area contributed by atoms with Crippen molar-refractivity contribution in [3.05, 3.63) is 63.3 Å². The standard InChI is InChI=1S/C16H18N2O/c1-11(12-6-3-2-4-7-12)10-15-17-14-9-5-8-13(14)16(19)18-15/h2-4,6-7,11H,5,8-10H2,1H3,(H,17,18,19). The van der Waals surface area contributed by atoms with Gasteiger partial charge in [-0.15, -0.1) is 0 Å². The van der Waals surface area contributed by atoms with Crippen LogP contribution >= 0.6 is 0 Å². The first-order chi connectivity index (χ1) is 9.24. The van der Waals surface area contributed by atoms with Gasteiger partial charge in [-0.05, 0) is 30.7 Å². The molecule has 1 atom stereocenters. The van der Waals surface area contributed by atoms with E-state index in [0.29, 0.717) is 5.92 Å². The number of nitrogens with zero attached hydrogens (tertiary/aromatic N) is 1. The van der Waals surface area contributed by atoms with E-state index < -0.39 is 0 Å². The number of benzene rings is 1. The molecule has 98 valence electrons. The van der Waals surface area contributed by atoms with Crippen molar-refractivity contribution in [1.29, 1.82) is 0 Å². The van der Waals surface area contributed by atoms with E-state index in [1.807, 2.05) is 18.2 Å². The van der Waals surface area contributed by atoms with E-state index in [4.69, 9.17) is 0 Å². The van der Waals surface area contributed by atoms with Gasteiger partial charge in [-0.25, -0.2) is 0 Å². The number of aryl methyl sites for hydroxylation is 1. The number of aromatic nitrogens is 2. The van der Waals surface area contributed by atoms with Crippen LogP contribution in [-0.2, 0) is 19.3 Å². The molecule has 0 amide bonds. The molecule has 0 bridgehead atoms. The summed E-state index contributed by atoms with van der Waals surface area (Å²) in [5, 5.41) is 0. The molecular formula is C16H18N2O. The molecule has 0 radical (unpaired) electrons. The molecule has 1 unspecified atom stereocenters. The van der Waals surface area contributed by atoms with Gasteiger partial charge < -0.3 is 4.98 Å². The molecule has 3 heteroatoms. The normalized spacial score (nSPS) is 15.2. The minimum Gasteiger partial charge on any atom is -0.347 e. The summed E-state index contributed by atoms with van der Waals surface area (Å²) < 4.78 is 0. The van der Waals surface area contributed by atoms with E-state index in [9.17, 15) is 4.79 Å². The number of H-pyrrole nitrogens is 1. The first-order valence-electron chi connectivity index (χ1n) is 6.90. The van der Waals surface area contributed by atoms with Crippen LogP contribution in [0.2, 0.25) is 0 Å². The Hall–Kier alpha value is -1.90. The lowest BCUT2D eigenvalue weighted by Crippen LogP contribution is -2.18. The van der Waals surface area contributed by atoms with Crippen LogP contribution in [0.5, 0.6) is 0 Å². The Bertz CT molecular complexity index is 631. The van der Waals surface area contributed by atoms with Crippen molar-refractivity contribution < 1.29 is 0 Å². The van der Waals surface area contributed by atoms with Crippen LogP contribution in [0, 0.1) is 0 Å². The minimum atomic E-state index is -0.0264. The highest BCUT2D eigenvalue weighted by Crippen LogP contribution is 2.20. The first kappa shape index (κ1) is 12.2. The summed E-state index contributed by atoms with van der Waals surface area (Å²) in [5.74, 6) is 1.19. The molecule has 0 fully saturated rings. The molecule has 0 spiro atoms. The van der Waals surface area contributed by atoms with Crippen molar-refractivity contribution in [3.8, 4) is 0 Å². The van der Waals surface area contributed by atoms with Gasteiger partial charge in [-0.2, -0.15) is 4.98 Å². The largest absolute Gasteiger partial charge is 0.347 e. The first-order valence-corrected chi connectivity index (χ1v) is 6.90. The smallest absolute Gasteiger partial charge is 0.276 e. The number of rotatable bonds is 3. The van der Waals surface area contributed by atoms with E-state index in [2.05, 4.69) is 29.0 Å². The lowest BCUT2D eigenvalue weighted by Gasteiger charge is -2.12. The molecule has 1 aliphatic rings. The van der Waals surface area contributed by atoms with Crippen LogP contribution in [0.3, 0.4) is 0 Å². The van der Waals surface area contributed by atoms with Crippen molar-refractivity contribution in [2.24, 2.45) is 0 Å². The molecule has 0 saturated carbocycles. The molecule has 1 aliphatic carbocycles. The quantitative estimate of drug-likeness (QED) is 0.915. The fourth-order valence-electron chi connectivity index (χ4n) is 2.80. The molecule has 19 heavy (non-hydrogen) atoms. The summed E-state index contributed by atoms with van der Waals surface area (Å²) in [4.78, 5) is 19.5. The summed E-state index contributed by atoms with van der Waals surface area (Å²) in [7, 11) is 0. The van der Waals surface area contributed by atoms with Crippen LogP contribution in [-0.4, -0.2) is 9.97 Å². The summed E-state index contributed by atoms with van der Waals surface area (Å²) in [6, 6.07) is 10.4. The number of nitrogens with one attached hydrogen (secondary N) is 1. The molecule has 1 heterocycles. The Morgan fingerprint density at radius 1 is 1.26 bits per heavy atom. The van der Waals surface area contributed by atoms with Gasteiger partial charge in [-0.3, -0.25) is 4.79 Å². The second-order valence-corrected chi connectivity index (χ2v) is 5.32. The molecule has 1 aromatic heterocycles. The topological polar surface area (TPSA) is 45.8 Å². The summed E-state index contributed by atoms with van der Waals surface area (Å²) >= 11 is 0. The predicted octanol–water partition coefficient (Wildman–Crippen LogP) is 2.60. The van der Waals surface area contributed by atoms with Gasteiger partial charge in [0.25, 0.3) is 5.56 Å². The third-order valence-corrected chi connectivity index (χ3v) is 3.88. The van der Waals surface area contributed by atoms with E-state index in [0.717, 1.165) is 42.8 Å². The van der Waals surface area contributed by atoms with Crippen LogP contribution in [0.15, 0.2) is 35.1 Å². The van der Waals surface area contributed by atoms with Gasteiger partial charge in [0.1, 0.15) is 5.82 Å². The van der Waals surface area contributed by atoms with Gasteiger partial charge in [0.05, 0.1) is 0 Å². The maximum Gasteiger partial charge on any atom is 0.276 e. The van der Waals surface area contributed by atoms with E-state index in [1.165, 1.54) is 5.56 Å². The Kier molecular flexibility index (Phi) is 3.20. The molecule has 0 saturated heterocycles. The van der Waals surface area contributed by atoms with Crippen LogP contribution in [0.1, 0.15) is 41.9 Å². The molecule has 1 aromatic carbocycles. The van der Waals surface area contributed by atoms with Crippen molar-refractivity contribution in [3.63, 3.8) is 0 Å². The van der Waals surface area contributed by atoms with E-state index in [-0.39, 0.29) is 5.56 Å². The lowest BCUT2D eigenvalue weighted by atomic mass is 9.97. The number of aromatic amines is 1. The van der Waals surface area contributed by atoms with Gasteiger partial charge in [-0.1, -0.05) is 37.3 Å². The average Bonchev–Trinajstić information content (AvgIpc) is 2.88. The number of fused-ring (bicyclic) bond motifs is 1. The maximum absolute atomic E-state index is 11.9. The number of hydrogen-bond acceptors (Lipinski definition) is 2. The molecule has 2 aromatic rings. The monoisotopic (exact) mass is 254 g/mol. The molecular weight excluding hydrogens is 236 g/mol. The summed E-state index contributed by atoms with van der Waals surface area (Å²) in [6.07, 6.45) is 3.72. The van der Waals surface area contributed by atoms with E-state index in [1.54, 1.807) is 0 Å². The third-order valence-electron chi connectivity index (χ3n) is 3.88. The van der Waals surface area contributed by atoms with Crippen molar-refractivity contribution >= 4 is 0 Å². The third kappa shape index (κ3) is 2.46. The van der Waals surface area contributed by atoms with Crippen LogP contribution in [0.4, 0.5) is 0 Å². The van der Waals surface area contributed by atoms with Crippen LogP contribution in [0.25, 0.3) is 0 Å². The molecule has 1 N–H and O–H groups in total. The van der Waals surface area contributed by atoms with Gasteiger partial charge in [0.2, 0.25) is 0 Å². The van der Waals surface area contributed by atoms with Gasteiger partial charge in [0, 0.05) is 17.7 Å².